The predicted octanol–water partition coefficient (Wildman–Crippen LogP) is 1.46. The second-order valence-electron chi connectivity index (χ2n) is 5.00. The van der Waals surface area contributed by atoms with Gasteiger partial charge in [0.15, 0.2) is 5.82 Å². The molecule has 1 aromatic rings. The monoisotopic (exact) mass is 266 g/mol. The Bertz CT molecular complexity index is 421. The van der Waals surface area contributed by atoms with Crippen LogP contribution in [0.4, 0.5) is 11.5 Å². The van der Waals surface area contributed by atoms with Crippen LogP contribution < -0.4 is 15.4 Å². The van der Waals surface area contributed by atoms with E-state index in [4.69, 9.17) is 15.2 Å². The third-order valence-electron chi connectivity index (χ3n) is 2.97. The lowest BCUT2D eigenvalue weighted by molar-refractivity contribution is 0.204. The number of aromatic nitrogens is 2. The highest BCUT2D eigenvalue weighted by atomic mass is 16.5. The maximum atomic E-state index is 6.14. The SMILES string of the molecule is COCCN(c1ncnc(OC(C)C)c1N)C1CC1. The highest BCUT2D eigenvalue weighted by Crippen LogP contribution is 2.36. The lowest BCUT2D eigenvalue weighted by atomic mass is 10.3. The first-order valence-electron chi connectivity index (χ1n) is 6.66. The molecule has 2 rings (SSSR count). The van der Waals surface area contributed by atoms with Crippen LogP contribution in [0.2, 0.25) is 0 Å². The van der Waals surface area contributed by atoms with Gasteiger partial charge in [0.05, 0.1) is 12.7 Å². The van der Waals surface area contributed by atoms with Crippen LogP contribution >= 0.6 is 0 Å². The van der Waals surface area contributed by atoms with Gasteiger partial charge in [0.1, 0.15) is 12.0 Å². The summed E-state index contributed by atoms with van der Waals surface area (Å²) < 4.78 is 10.8. The molecule has 1 fully saturated rings. The molecule has 1 heterocycles. The zero-order chi connectivity index (χ0) is 13.8. The van der Waals surface area contributed by atoms with Gasteiger partial charge in [0.25, 0.3) is 0 Å². The standard InChI is InChI=1S/C13H22N4O2/c1-9(2)19-13-11(14)12(15-8-16-13)17(6-7-18-3)10-4-5-10/h8-10H,4-7,14H2,1-3H3. The highest BCUT2D eigenvalue weighted by Gasteiger charge is 2.31. The first kappa shape index (κ1) is 13.9. The van der Waals surface area contributed by atoms with Gasteiger partial charge in [-0.3, -0.25) is 0 Å². The summed E-state index contributed by atoms with van der Waals surface area (Å²) in [6.07, 6.45) is 3.89. The average Bonchev–Trinajstić information content (AvgIpc) is 3.18. The van der Waals surface area contributed by atoms with Crippen LogP contribution in [0.1, 0.15) is 26.7 Å². The Hall–Kier alpha value is -1.56. The van der Waals surface area contributed by atoms with Gasteiger partial charge in [0, 0.05) is 19.7 Å². The summed E-state index contributed by atoms with van der Waals surface area (Å²) in [5.41, 5.74) is 6.65. The molecule has 1 aromatic heterocycles. The van der Waals surface area contributed by atoms with Crippen LogP contribution in [0, 0.1) is 0 Å². The Balaban J connectivity index is 2.21. The van der Waals surface area contributed by atoms with E-state index in [9.17, 15) is 0 Å². The van der Waals surface area contributed by atoms with Crippen molar-refractivity contribution < 1.29 is 9.47 Å². The van der Waals surface area contributed by atoms with E-state index in [1.54, 1.807) is 7.11 Å². The molecule has 0 amide bonds. The number of hydrogen-bond donors (Lipinski definition) is 1. The fourth-order valence-electron chi connectivity index (χ4n) is 1.95. The van der Waals surface area contributed by atoms with Crippen LogP contribution in [0.25, 0.3) is 0 Å². The second-order valence-corrected chi connectivity index (χ2v) is 5.00. The Morgan fingerprint density at radius 3 is 2.74 bits per heavy atom. The zero-order valence-corrected chi connectivity index (χ0v) is 11.8. The van der Waals surface area contributed by atoms with Crippen molar-refractivity contribution in [3.63, 3.8) is 0 Å². The normalized spacial score (nSPS) is 14.7. The molecule has 0 aliphatic heterocycles. The van der Waals surface area contributed by atoms with E-state index in [-0.39, 0.29) is 6.10 Å². The van der Waals surface area contributed by atoms with Crippen molar-refractivity contribution in [2.75, 3.05) is 30.9 Å². The molecule has 0 saturated heterocycles. The zero-order valence-electron chi connectivity index (χ0n) is 11.8. The average molecular weight is 266 g/mol. The van der Waals surface area contributed by atoms with Gasteiger partial charge in [-0.05, 0) is 26.7 Å². The fourth-order valence-corrected chi connectivity index (χ4v) is 1.95. The number of ether oxygens (including phenoxy) is 2. The Morgan fingerprint density at radius 2 is 2.16 bits per heavy atom. The molecule has 0 radical (unpaired) electrons. The fraction of sp³-hybridized carbons (Fsp3) is 0.692. The number of methoxy groups -OCH3 is 1. The molecule has 1 aliphatic rings. The van der Waals surface area contributed by atoms with Gasteiger partial charge in [-0.2, -0.15) is 4.98 Å². The maximum absolute atomic E-state index is 6.14. The van der Waals surface area contributed by atoms with E-state index < -0.39 is 0 Å². The number of nitrogens with zero attached hydrogens (tertiary/aromatic N) is 3. The van der Waals surface area contributed by atoms with Crippen molar-refractivity contribution in [3.05, 3.63) is 6.33 Å². The minimum Gasteiger partial charge on any atom is -0.473 e. The Labute approximate surface area is 113 Å². The molecule has 0 bridgehead atoms. The minimum atomic E-state index is 0.0402. The van der Waals surface area contributed by atoms with E-state index in [1.807, 2.05) is 13.8 Å². The van der Waals surface area contributed by atoms with E-state index >= 15 is 0 Å². The summed E-state index contributed by atoms with van der Waals surface area (Å²) in [5, 5.41) is 0. The van der Waals surface area contributed by atoms with Gasteiger partial charge in [-0.15, -0.1) is 0 Å². The van der Waals surface area contributed by atoms with Gasteiger partial charge in [0.2, 0.25) is 5.88 Å². The highest BCUT2D eigenvalue weighted by molar-refractivity contribution is 5.68. The summed E-state index contributed by atoms with van der Waals surface area (Å²) in [7, 11) is 1.70. The van der Waals surface area contributed by atoms with Crippen molar-refractivity contribution in [1.29, 1.82) is 0 Å². The molecule has 0 atom stereocenters. The summed E-state index contributed by atoms with van der Waals surface area (Å²) >= 11 is 0. The van der Waals surface area contributed by atoms with Crippen molar-refractivity contribution in [2.24, 2.45) is 0 Å². The molecule has 2 N–H and O–H groups in total. The second kappa shape index (κ2) is 6.06. The number of hydrogen-bond acceptors (Lipinski definition) is 6. The lowest BCUT2D eigenvalue weighted by Gasteiger charge is -2.25. The van der Waals surface area contributed by atoms with Gasteiger partial charge < -0.3 is 20.1 Å². The topological polar surface area (TPSA) is 73.5 Å². The summed E-state index contributed by atoms with van der Waals surface area (Å²) in [4.78, 5) is 10.6. The molecule has 0 aromatic carbocycles. The number of nitrogen functional groups attached to an aromatic ring is 1. The Morgan fingerprint density at radius 1 is 1.42 bits per heavy atom. The third-order valence-corrected chi connectivity index (χ3v) is 2.97. The molecule has 0 unspecified atom stereocenters. The van der Waals surface area contributed by atoms with E-state index in [0.717, 1.165) is 12.4 Å². The lowest BCUT2D eigenvalue weighted by Crippen LogP contribution is -2.31. The van der Waals surface area contributed by atoms with Crippen molar-refractivity contribution in [3.8, 4) is 5.88 Å². The minimum absolute atomic E-state index is 0.0402. The predicted molar refractivity (Wildman–Crippen MR) is 74.5 cm³/mol. The summed E-state index contributed by atoms with van der Waals surface area (Å²) in [5.74, 6) is 1.22. The third kappa shape index (κ3) is 3.47. The van der Waals surface area contributed by atoms with Crippen molar-refractivity contribution in [1.82, 2.24) is 9.97 Å². The first-order chi connectivity index (χ1) is 9.13. The molecular formula is C13H22N4O2. The number of nitrogens with two attached hydrogens (primary N) is 1. The molecule has 1 saturated carbocycles. The molecule has 6 heteroatoms. The molecule has 106 valence electrons. The van der Waals surface area contributed by atoms with Crippen molar-refractivity contribution >= 4 is 11.5 Å². The van der Waals surface area contributed by atoms with Crippen LogP contribution in [-0.2, 0) is 4.74 Å². The van der Waals surface area contributed by atoms with Crippen molar-refractivity contribution in [2.45, 2.75) is 38.8 Å². The summed E-state index contributed by atoms with van der Waals surface area (Å²) in [6.45, 7) is 5.33. The molecule has 1 aliphatic carbocycles. The van der Waals surface area contributed by atoms with Crippen LogP contribution in [0.5, 0.6) is 5.88 Å². The molecule has 19 heavy (non-hydrogen) atoms. The van der Waals surface area contributed by atoms with E-state index in [0.29, 0.717) is 24.2 Å². The summed E-state index contributed by atoms with van der Waals surface area (Å²) in [6, 6.07) is 0.513. The maximum Gasteiger partial charge on any atom is 0.242 e. The van der Waals surface area contributed by atoms with Crippen LogP contribution in [0.3, 0.4) is 0 Å². The quantitative estimate of drug-likeness (QED) is 0.805. The van der Waals surface area contributed by atoms with Gasteiger partial charge >= 0.3 is 0 Å². The smallest absolute Gasteiger partial charge is 0.242 e. The number of anilines is 2. The van der Waals surface area contributed by atoms with Gasteiger partial charge in [-0.25, -0.2) is 4.98 Å². The first-order valence-corrected chi connectivity index (χ1v) is 6.66. The Kier molecular flexibility index (Phi) is 4.42. The molecule has 6 nitrogen and oxygen atoms in total. The van der Waals surface area contributed by atoms with Crippen LogP contribution in [-0.4, -0.2) is 42.4 Å². The van der Waals surface area contributed by atoms with E-state index in [2.05, 4.69) is 14.9 Å². The largest absolute Gasteiger partial charge is 0.473 e. The van der Waals surface area contributed by atoms with Crippen LogP contribution in [0.15, 0.2) is 6.33 Å². The number of rotatable bonds is 7. The molecule has 0 spiro atoms. The van der Waals surface area contributed by atoms with E-state index in [1.165, 1.54) is 19.2 Å². The molecular weight excluding hydrogens is 244 g/mol. The van der Waals surface area contributed by atoms with Gasteiger partial charge in [-0.1, -0.05) is 0 Å².